The summed E-state index contributed by atoms with van der Waals surface area (Å²) in [5, 5.41) is 14.1. The van der Waals surface area contributed by atoms with E-state index < -0.39 is 24.0 Å². The van der Waals surface area contributed by atoms with Crippen LogP contribution in [0.4, 0.5) is 4.79 Å². The van der Waals surface area contributed by atoms with E-state index in [0.29, 0.717) is 0 Å². The fourth-order valence-corrected chi connectivity index (χ4v) is 2.54. The Hall–Kier alpha value is -3.35. The predicted octanol–water partition coefficient (Wildman–Crippen LogP) is 2.34. The summed E-state index contributed by atoms with van der Waals surface area (Å²) in [7, 11) is 0. The molecule has 28 heavy (non-hydrogen) atoms. The smallest absolute Gasteiger partial charge is 0.407 e. The molecular weight excluding hydrogens is 360 g/mol. The molecule has 2 amide bonds. The maximum absolute atomic E-state index is 12.0. The van der Waals surface area contributed by atoms with E-state index in [0.717, 1.165) is 22.3 Å². The first kappa shape index (κ1) is 21.0. The van der Waals surface area contributed by atoms with Gasteiger partial charge in [0, 0.05) is 6.42 Å². The number of hydrogen-bond donors (Lipinski definition) is 3. The highest BCUT2D eigenvalue weighted by molar-refractivity contribution is 5.86. The van der Waals surface area contributed by atoms with Crippen LogP contribution in [0.2, 0.25) is 0 Å². The molecule has 0 spiro atoms. The number of carbonyl (C=O) groups excluding carboxylic acids is 2. The van der Waals surface area contributed by atoms with Gasteiger partial charge in [-0.25, -0.2) is 9.59 Å². The minimum absolute atomic E-state index is 0.0822. The fourth-order valence-electron chi connectivity index (χ4n) is 2.54. The molecule has 2 aromatic carbocycles. The maximum atomic E-state index is 12.0. The summed E-state index contributed by atoms with van der Waals surface area (Å²) in [5.74, 6) is -1.74. The Balaban J connectivity index is 1.80. The number of carboxylic acid groups (broad SMARTS) is 1. The first-order valence-corrected chi connectivity index (χ1v) is 8.88. The second-order valence-corrected chi connectivity index (χ2v) is 6.50. The lowest BCUT2D eigenvalue weighted by molar-refractivity contribution is -0.141. The zero-order valence-corrected chi connectivity index (χ0v) is 15.9. The third-order valence-electron chi connectivity index (χ3n) is 4.25. The van der Waals surface area contributed by atoms with E-state index in [1.165, 1.54) is 0 Å². The molecule has 0 radical (unpaired) electrons. The molecule has 0 aliphatic heterocycles. The molecule has 0 aliphatic carbocycles. The highest BCUT2D eigenvalue weighted by Crippen LogP contribution is 2.11. The molecule has 0 aliphatic rings. The van der Waals surface area contributed by atoms with Crippen molar-refractivity contribution in [2.24, 2.45) is 0 Å². The van der Waals surface area contributed by atoms with Crippen LogP contribution in [0.3, 0.4) is 0 Å². The molecule has 0 heterocycles. The number of carbonyl (C=O) groups is 3. The molecule has 0 fully saturated rings. The summed E-state index contributed by atoms with van der Waals surface area (Å²) in [4.78, 5) is 35.1. The second kappa shape index (κ2) is 10.1. The molecule has 0 saturated carbocycles. The van der Waals surface area contributed by atoms with Gasteiger partial charge in [0.2, 0.25) is 5.91 Å². The zero-order chi connectivity index (χ0) is 20.5. The number of amides is 2. The van der Waals surface area contributed by atoms with Gasteiger partial charge >= 0.3 is 12.1 Å². The lowest BCUT2D eigenvalue weighted by atomic mass is 10.0. The third-order valence-corrected chi connectivity index (χ3v) is 4.25. The van der Waals surface area contributed by atoms with Crippen LogP contribution in [-0.2, 0) is 27.4 Å². The number of benzene rings is 2. The van der Waals surface area contributed by atoms with Crippen molar-refractivity contribution in [3.8, 4) is 0 Å². The van der Waals surface area contributed by atoms with Gasteiger partial charge in [0.15, 0.2) is 0 Å². The zero-order valence-electron chi connectivity index (χ0n) is 15.9. The third kappa shape index (κ3) is 6.75. The largest absolute Gasteiger partial charge is 0.480 e. The minimum atomic E-state index is -1.14. The molecule has 0 aromatic heterocycles. The van der Waals surface area contributed by atoms with Gasteiger partial charge in [0.05, 0.1) is 0 Å². The van der Waals surface area contributed by atoms with Crippen molar-refractivity contribution in [1.29, 1.82) is 0 Å². The normalized spacial score (nSPS) is 11.4. The van der Waals surface area contributed by atoms with Crippen molar-refractivity contribution in [3.63, 3.8) is 0 Å². The Labute approximate surface area is 163 Å². The molecule has 3 N–H and O–H groups in total. The van der Waals surface area contributed by atoms with Crippen LogP contribution in [0.1, 0.15) is 22.3 Å². The highest BCUT2D eigenvalue weighted by Gasteiger charge is 2.21. The van der Waals surface area contributed by atoms with E-state index in [1.54, 1.807) is 0 Å². The highest BCUT2D eigenvalue weighted by atomic mass is 16.5. The first-order valence-electron chi connectivity index (χ1n) is 8.88. The summed E-state index contributed by atoms with van der Waals surface area (Å²) >= 11 is 0. The Morgan fingerprint density at radius 3 is 2.36 bits per heavy atom. The number of nitrogens with one attached hydrogen (secondary N) is 2. The topological polar surface area (TPSA) is 105 Å². The van der Waals surface area contributed by atoms with Crippen LogP contribution >= 0.6 is 0 Å². The van der Waals surface area contributed by atoms with Gasteiger partial charge in [0.25, 0.3) is 0 Å². The Bertz CT molecular complexity index is 836. The SMILES string of the molecule is Cc1ccc(C[C@H](NC(=O)CNC(=O)OCc2ccccc2)C(=O)O)cc1C. The molecule has 0 saturated heterocycles. The van der Waals surface area contributed by atoms with Gasteiger partial charge in [-0.2, -0.15) is 0 Å². The number of alkyl carbamates (subject to hydrolysis) is 1. The molecular formula is C21H24N2O5. The van der Waals surface area contributed by atoms with Crippen LogP contribution in [0.15, 0.2) is 48.5 Å². The number of ether oxygens (including phenoxy) is 1. The number of aryl methyl sites for hydroxylation is 2. The number of carboxylic acids is 1. The molecule has 2 rings (SSSR count). The predicted molar refractivity (Wildman–Crippen MR) is 104 cm³/mol. The van der Waals surface area contributed by atoms with Crippen LogP contribution < -0.4 is 10.6 Å². The molecule has 1 atom stereocenters. The molecule has 0 bridgehead atoms. The van der Waals surface area contributed by atoms with Crippen molar-refractivity contribution < 1.29 is 24.2 Å². The maximum Gasteiger partial charge on any atom is 0.407 e. The summed E-state index contributed by atoms with van der Waals surface area (Å²) in [6.07, 6.45) is -0.597. The lowest BCUT2D eigenvalue weighted by Gasteiger charge is -2.15. The summed E-state index contributed by atoms with van der Waals surface area (Å²) in [6, 6.07) is 13.7. The second-order valence-electron chi connectivity index (χ2n) is 6.50. The van der Waals surface area contributed by atoms with Crippen molar-refractivity contribution >= 4 is 18.0 Å². The summed E-state index contributed by atoms with van der Waals surface area (Å²) < 4.78 is 5.00. The van der Waals surface area contributed by atoms with E-state index in [9.17, 15) is 19.5 Å². The van der Waals surface area contributed by atoms with E-state index in [-0.39, 0.29) is 19.6 Å². The summed E-state index contributed by atoms with van der Waals surface area (Å²) in [5.41, 5.74) is 3.79. The lowest BCUT2D eigenvalue weighted by Crippen LogP contribution is -2.46. The average molecular weight is 384 g/mol. The van der Waals surface area contributed by atoms with Crippen molar-refractivity contribution in [2.75, 3.05) is 6.54 Å². The summed E-state index contributed by atoms with van der Waals surface area (Å²) in [6.45, 7) is 3.62. The average Bonchev–Trinajstić information content (AvgIpc) is 2.67. The van der Waals surface area contributed by atoms with Gasteiger partial charge < -0.3 is 20.5 Å². The van der Waals surface area contributed by atoms with E-state index >= 15 is 0 Å². The van der Waals surface area contributed by atoms with Gasteiger partial charge in [-0.05, 0) is 36.1 Å². The molecule has 7 nitrogen and oxygen atoms in total. The van der Waals surface area contributed by atoms with Crippen molar-refractivity contribution in [2.45, 2.75) is 32.9 Å². The number of hydrogen-bond acceptors (Lipinski definition) is 4. The number of aliphatic carboxylic acids is 1. The van der Waals surface area contributed by atoms with Gasteiger partial charge in [0.1, 0.15) is 19.2 Å². The van der Waals surface area contributed by atoms with Gasteiger partial charge in [-0.3, -0.25) is 4.79 Å². The van der Waals surface area contributed by atoms with Crippen LogP contribution in [0, 0.1) is 13.8 Å². The first-order chi connectivity index (χ1) is 13.3. The van der Waals surface area contributed by atoms with E-state index in [1.807, 2.05) is 62.4 Å². The van der Waals surface area contributed by atoms with Gasteiger partial charge in [-0.1, -0.05) is 48.5 Å². The van der Waals surface area contributed by atoms with Crippen LogP contribution in [0.5, 0.6) is 0 Å². The van der Waals surface area contributed by atoms with E-state index in [4.69, 9.17) is 4.74 Å². The van der Waals surface area contributed by atoms with Crippen molar-refractivity contribution in [3.05, 3.63) is 70.8 Å². The minimum Gasteiger partial charge on any atom is -0.480 e. The molecule has 7 heteroatoms. The molecule has 0 unspecified atom stereocenters. The standard InChI is InChI=1S/C21H24N2O5/c1-14-8-9-17(10-15(14)2)11-18(20(25)26)23-19(24)12-22-21(27)28-13-16-6-4-3-5-7-16/h3-10,18H,11-13H2,1-2H3,(H,22,27)(H,23,24)(H,25,26)/t18-/m0/s1. The Kier molecular flexibility index (Phi) is 7.56. The fraction of sp³-hybridized carbons (Fsp3) is 0.286. The quantitative estimate of drug-likeness (QED) is 0.648. The van der Waals surface area contributed by atoms with Crippen LogP contribution in [-0.4, -0.2) is 35.7 Å². The molecule has 2 aromatic rings. The van der Waals surface area contributed by atoms with Crippen molar-refractivity contribution in [1.82, 2.24) is 10.6 Å². The Morgan fingerprint density at radius 2 is 1.71 bits per heavy atom. The monoisotopic (exact) mass is 384 g/mol. The molecule has 148 valence electrons. The number of rotatable bonds is 8. The van der Waals surface area contributed by atoms with Gasteiger partial charge in [-0.15, -0.1) is 0 Å². The Morgan fingerprint density at radius 1 is 1.00 bits per heavy atom. The van der Waals surface area contributed by atoms with Crippen LogP contribution in [0.25, 0.3) is 0 Å². The van der Waals surface area contributed by atoms with E-state index in [2.05, 4.69) is 10.6 Å².